The third-order valence-electron chi connectivity index (χ3n) is 3.03. The van der Waals surface area contributed by atoms with Crippen LogP contribution in [0.15, 0.2) is 18.2 Å². The van der Waals surface area contributed by atoms with Crippen molar-refractivity contribution in [3.05, 3.63) is 28.3 Å². The van der Waals surface area contributed by atoms with Gasteiger partial charge in [0.15, 0.2) is 5.75 Å². The van der Waals surface area contributed by atoms with E-state index in [2.05, 4.69) is 5.32 Å². The van der Waals surface area contributed by atoms with Crippen molar-refractivity contribution in [3.63, 3.8) is 0 Å². The van der Waals surface area contributed by atoms with Gasteiger partial charge < -0.3 is 10.1 Å². The third-order valence-corrected chi connectivity index (χ3v) is 3.03. The van der Waals surface area contributed by atoms with Gasteiger partial charge >= 0.3 is 5.69 Å². The van der Waals surface area contributed by atoms with Gasteiger partial charge in [-0.2, -0.15) is 0 Å². The summed E-state index contributed by atoms with van der Waals surface area (Å²) in [6.45, 7) is 3.11. The molecule has 0 aliphatic heterocycles. The lowest BCUT2D eigenvalue weighted by molar-refractivity contribution is -0.385. The maximum absolute atomic E-state index is 11.1. The number of ether oxygens (including phenoxy) is 1. The number of anilines is 1. The number of nitro benzene ring substituents is 1. The molecular weight excluding hydrogens is 232 g/mol. The molecule has 1 aliphatic rings. The first-order valence-corrected chi connectivity index (χ1v) is 6.36. The predicted molar refractivity (Wildman–Crippen MR) is 70.1 cm³/mol. The molecule has 0 amide bonds. The molecule has 0 atom stereocenters. The molecule has 1 saturated carbocycles. The molecular formula is C13H18N2O3. The number of para-hydroxylation sites is 1. The zero-order chi connectivity index (χ0) is 13.0. The van der Waals surface area contributed by atoms with Crippen molar-refractivity contribution in [3.8, 4) is 5.75 Å². The molecule has 1 fully saturated rings. The van der Waals surface area contributed by atoms with Gasteiger partial charge in [-0.05, 0) is 31.4 Å². The zero-order valence-corrected chi connectivity index (χ0v) is 10.5. The van der Waals surface area contributed by atoms with Crippen molar-refractivity contribution in [2.45, 2.75) is 26.2 Å². The van der Waals surface area contributed by atoms with E-state index in [9.17, 15) is 10.1 Å². The number of nitrogens with one attached hydrogen (secondary N) is 1. The van der Waals surface area contributed by atoms with Crippen LogP contribution in [-0.2, 0) is 0 Å². The highest BCUT2D eigenvalue weighted by Crippen LogP contribution is 2.36. The molecule has 0 bridgehead atoms. The van der Waals surface area contributed by atoms with Crippen LogP contribution in [0.4, 0.5) is 11.4 Å². The van der Waals surface area contributed by atoms with Crippen molar-refractivity contribution in [1.29, 1.82) is 0 Å². The number of rotatable bonds is 7. The lowest BCUT2D eigenvalue weighted by Gasteiger charge is -2.10. The van der Waals surface area contributed by atoms with E-state index in [1.807, 2.05) is 6.92 Å². The average Bonchev–Trinajstić information content (AvgIpc) is 3.13. The molecule has 2 rings (SSSR count). The first-order chi connectivity index (χ1) is 8.72. The van der Waals surface area contributed by atoms with Crippen molar-refractivity contribution in [2.75, 3.05) is 18.5 Å². The fraction of sp³-hybridized carbons (Fsp3) is 0.538. The number of hydrogen-bond donors (Lipinski definition) is 1. The molecule has 0 heterocycles. The molecule has 98 valence electrons. The third kappa shape index (κ3) is 3.12. The molecule has 0 spiro atoms. The summed E-state index contributed by atoms with van der Waals surface area (Å²) in [5, 5.41) is 14.1. The fourth-order valence-corrected chi connectivity index (χ4v) is 1.90. The lowest BCUT2D eigenvalue weighted by Crippen LogP contribution is -2.05. The Balaban J connectivity index is 2.10. The van der Waals surface area contributed by atoms with Gasteiger partial charge in [-0.25, -0.2) is 0 Å². The molecule has 0 saturated heterocycles. The summed E-state index contributed by atoms with van der Waals surface area (Å²) in [6.07, 6.45) is 3.52. The van der Waals surface area contributed by atoms with Crippen LogP contribution in [0.5, 0.6) is 5.75 Å². The normalized spacial score (nSPS) is 14.3. The number of nitrogens with zero attached hydrogens (tertiary/aromatic N) is 1. The Labute approximate surface area is 106 Å². The molecule has 0 aromatic heterocycles. The van der Waals surface area contributed by atoms with Crippen LogP contribution in [0.2, 0.25) is 0 Å². The van der Waals surface area contributed by atoms with Gasteiger partial charge in [-0.3, -0.25) is 10.1 Å². The summed E-state index contributed by atoms with van der Waals surface area (Å²) in [6, 6.07) is 5.14. The van der Waals surface area contributed by atoms with Crippen molar-refractivity contribution < 1.29 is 9.66 Å². The molecule has 0 unspecified atom stereocenters. The van der Waals surface area contributed by atoms with Gasteiger partial charge in [0.2, 0.25) is 0 Å². The highest BCUT2D eigenvalue weighted by molar-refractivity contribution is 5.68. The zero-order valence-electron chi connectivity index (χ0n) is 10.5. The predicted octanol–water partition coefficient (Wildman–Crippen LogP) is 3.21. The summed E-state index contributed by atoms with van der Waals surface area (Å²) in [4.78, 5) is 10.7. The maximum atomic E-state index is 11.1. The summed E-state index contributed by atoms with van der Waals surface area (Å²) >= 11 is 0. The van der Waals surface area contributed by atoms with E-state index in [-0.39, 0.29) is 10.6 Å². The number of benzene rings is 1. The highest BCUT2D eigenvalue weighted by atomic mass is 16.6. The van der Waals surface area contributed by atoms with Crippen LogP contribution in [0, 0.1) is 16.0 Å². The Hall–Kier alpha value is -1.78. The minimum atomic E-state index is -0.384. The smallest absolute Gasteiger partial charge is 0.333 e. The molecule has 1 aromatic rings. The second-order valence-corrected chi connectivity index (χ2v) is 4.52. The van der Waals surface area contributed by atoms with E-state index in [1.54, 1.807) is 18.2 Å². The fourth-order valence-electron chi connectivity index (χ4n) is 1.90. The number of nitro groups is 1. The van der Waals surface area contributed by atoms with Gasteiger partial charge in [-0.1, -0.05) is 18.9 Å². The molecule has 18 heavy (non-hydrogen) atoms. The van der Waals surface area contributed by atoms with Crippen LogP contribution < -0.4 is 10.1 Å². The second-order valence-electron chi connectivity index (χ2n) is 4.52. The Morgan fingerprint density at radius 3 is 2.89 bits per heavy atom. The second kappa shape index (κ2) is 5.71. The molecule has 0 radical (unpaired) electrons. The SMILES string of the molecule is CCNc1cccc(OCCC2CC2)c1[N+](=O)[O-]. The largest absolute Gasteiger partial charge is 0.487 e. The quantitative estimate of drug-likeness (QED) is 0.596. The molecule has 5 nitrogen and oxygen atoms in total. The van der Waals surface area contributed by atoms with Crippen LogP contribution in [0.3, 0.4) is 0 Å². The maximum Gasteiger partial charge on any atom is 0.333 e. The van der Waals surface area contributed by atoms with E-state index in [1.165, 1.54) is 12.8 Å². The number of hydrogen-bond acceptors (Lipinski definition) is 4. The summed E-state index contributed by atoms with van der Waals surface area (Å²) < 4.78 is 5.55. The van der Waals surface area contributed by atoms with Crippen LogP contribution in [0.1, 0.15) is 26.2 Å². The monoisotopic (exact) mass is 250 g/mol. The molecule has 5 heteroatoms. The van der Waals surface area contributed by atoms with E-state index in [0.29, 0.717) is 24.6 Å². The minimum absolute atomic E-state index is 0.0372. The standard InChI is InChI=1S/C13H18N2O3/c1-2-14-11-4-3-5-12(13(11)15(16)17)18-9-8-10-6-7-10/h3-5,10,14H,2,6-9H2,1H3. The van der Waals surface area contributed by atoms with Gasteiger partial charge in [0.05, 0.1) is 11.5 Å². The van der Waals surface area contributed by atoms with Crippen LogP contribution in [-0.4, -0.2) is 18.1 Å². The first kappa shape index (κ1) is 12.7. The van der Waals surface area contributed by atoms with Gasteiger partial charge in [0.25, 0.3) is 0 Å². The highest BCUT2D eigenvalue weighted by Gasteiger charge is 2.23. The Morgan fingerprint density at radius 1 is 1.50 bits per heavy atom. The van der Waals surface area contributed by atoms with E-state index in [4.69, 9.17) is 4.74 Å². The Morgan fingerprint density at radius 2 is 2.28 bits per heavy atom. The topological polar surface area (TPSA) is 64.4 Å². The minimum Gasteiger partial charge on any atom is -0.487 e. The van der Waals surface area contributed by atoms with E-state index < -0.39 is 0 Å². The summed E-state index contributed by atoms with van der Waals surface area (Å²) in [5.74, 6) is 1.13. The summed E-state index contributed by atoms with van der Waals surface area (Å²) in [7, 11) is 0. The molecule has 1 aromatic carbocycles. The van der Waals surface area contributed by atoms with E-state index >= 15 is 0 Å². The van der Waals surface area contributed by atoms with Gasteiger partial charge in [-0.15, -0.1) is 0 Å². The average molecular weight is 250 g/mol. The van der Waals surface area contributed by atoms with Crippen LogP contribution >= 0.6 is 0 Å². The first-order valence-electron chi connectivity index (χ1n) is 6.36. The van der Waals surface area contributed by atoms with Crippen LogP contribution in [0.25, 0.3) is 0 Å². The van der Waals surface area contributed by atoms with E-state index in [0.717, 1.165) is 12.3 Å². The van der Waals surface area contributed by atoms with Crippen molar-refractivity contribution in [1.82, 2.24) is 0 Å². The molecule has 1 aliphatic carbocycles. The molecule has 1 N–H and O–H groups in total. The lowest BCUT2D eigenvalue weighted by atomic mass is 10.2. The Bertz CT molecular complexity index is 430. The van der Waals surface area contributed by atoms with Gasteiger partial charge in [0, 0.05) is 6.54 Å². The van der Waals surface area contributed by atoms with Crippen molar-refractivity contribution in [2.24, 2.45) is 5.92 Å². The summed E-state index contributed by atoms with van der Waals surface area (Å²) in [5.41, 5.74) is 0.557. The van der Waals surface area contributed by atoms with Gasteiger partial charge in [0.1, 0.15) is 5.69 Å². The Kier molecular flexibility index (Phi) is 4.02. The van der Waals surface area contributed by atoms with Crippen molar-refractivity contribution >= 4 is 11.4 Å².